The Morgan fingerprint density at radius 1 is 0.891 bits per heavy atom. The van der Waals surface area contributed by atoms with Crippen LogP contribution in [-0.2, 0) is 25.2 Å². The fraction of sp³-hybridized carbons (Fsp3) is 0.404. The molecule has 64 heavy (non-hydrogen) atoms. The van der Waals surface area contributed by atoms with Gasteiger partial charge in [0.15, 0.2) is 5.82 Å². The summed E-state index contributed by atoms with van der Waals surface area (Å²) >= 11 is 0. The van der Waals surface area contributed by atoms with Gasteiger partial charge in [-0.1, -0.05) is 24.3 Å². The van der Waals surface area contributed by atoms with E-state index in [4.69, 9.17) is 0 Å². The van der Waals surface area contributed by atoms with Crippen molar-refractivity contribution in [3.63, 3.8) is 0 Å². The number of fused-ring (bicyclic) bond motifs is 1. The molecule has 4 aliphatic rings. The number of likely N-dealkylation sites (tertiary alicyclic amines) is 1. The number of imide groups is 1. The summed E-state index contributed by atoms with van der Waals surface area (Å²) in [6, 6.07) is 16.7. The first-order valence-corrected chi connectivity index (χ1v) is 23.2. The van der Waals surface area contributed by atoms with Crippen molar-refractivity contribution in [3.05, 3.63) is 113 Å². The summed E-state index contributed by atoms with van der Waals surface area (Å²) in [6.45, 7) is 5.92. The Hall–Kier alpha value is -5.65. The van der Waals surface area contributed by atoms with E-state index < -0.39 is 62.2 Å². The van der Waals surface area contributed by atoms with Crippen molar-refractivity contribution >= 4 is 50.2 Å². The van der Waals surface area contributed by atoms with Crippen molar-refractivity contribution in [2.45, 2.75) is 69.4 Å². The Bertz CT molecular complexity index is 2740. The van der Waals surface area contributed by atoms with Gasteiger partial charge in [0.05, 0.1) is 16.7 Å². The third kappa shape index (κ3) is 8.52. The van der Waals surface area contributed by atoms with E-state index in [9.17, 15) is 27.2 Å². The zero-order chi connectivity index (χ0) is 44.9. The Kier molecular flexibility index (Phi) is 11.8. The van der Waals surface area contributed by atoms with E-state index in [2.05, 4.69) is 25.1 Å². The molecule has 9 rings (SSSR count). The highest BCUT2D eigenvalue weighted by atomic mass is 32.2. The lowest BCUT2D eigenvalue weighted by atomic mass is 9.74. The van der Waals surface area contributed by atoms with Gasteiger partial charge >= 0.3 is 10.2 Å². The average Bonchev–Trinajstić information content (AvgIpc) is 3.93. The normalized spacial score (nSPS) is 22.0. The maximum atomic E-state index is 15.7. The van der Waals surface area contributed by atoms with E-state index in [0.29, 0.717) is 28.1 Å². The summed E-state index contributed by atoms with van der Waals surface area (Å²) in [5.74, 6) is -3.92. The smallest absolute Gasteiger partial charge is 0.301 e. The number of hydrogen-bond donors (Lipinski definition) is 3. The number of nitrogens with one attached hydrogen (secondary N) is 3. The second kappa shape index (κ2) is 17.4. The first kappa shape index (κ1) is 43.6. The lowest BCUT2D eigenvalue weighted by Crippen LogP contribution is -2.50. The number of H-pyrrole nitrogens is 1. The maximum absolute atomic E-state index is 15.7. The number of amides is 2. The number of aromatic nitrogens is 2. The number of rotatable bonds is 11. The van der Waals surface area contributed by atoms with Crippen LogP contribution in [0.15, 0.2) is 73.1 Å². The zero-order valence-corrected chi connectivity index (χ0v) is 36.1. The minimum Gasteiger partial charge on any atom is -0.372 e. The number of benzene rings is 3. The molecular weight excluding hydrogens is 851 g/mol. The average molecular weight is 900 g/mol. The van der Waals surface area contributed by atoms with Gasteiger partial charge in [-0.3, -0.25) is 24.4 Å². The molecule has 2 aromatic heterocycles. The minimum absolute atomic E-state index is 0.00251. The summed E-state index contributed by atoms with van der Waals surface area (Å²) in [7, 11) is -4.36. The number of anilines is 2. The van der Waals surface area contributed by atoms with E-state index in [-0.39, 0.29) is 49.7 Å². The first-order chi connectivity index (χ1) is 30.7. The summed E-state index contributed by atoms with van der Waals surface area (Å²) in [5, 5.41) is 2.69. The van der Waals surface area contributed by atoms with Crippen molar-refractivity contribution < 1.29 is 40.4 Å². The predicted octanol–water partition coefficient (Wildman–Crippen LogP) is 7.37. The Morgan fingerprint density at radius 3 is 2.33 bits per heavy atom. The van der Waals surface area contributed by atoms with E-state index >= 15 is 13.2 Å². The highest BCUT2D eigenvalue weighted by molar-refractivity contribution is 7.90. The molecule has 3 aromatic carbocycles. The minimum atomic E-state index is -4.36. The lowest BCUT2D eigenvalue weighted by molar-refractivity contribution is -0.137. The van der Waals surface area contributed by atoms with Gasteiger partial charge in [-0.25, -0.2) is 22.5 Å². The van der Waals surface area contributed by atoms with Crippen LogP contribution in [0.5, 0.6) is 0 Å². The van der Waals surface area contributed by atoms with Crippen LogP contribution in [0.4, 0.5) is 28.9 Å². The molecule has 336 valence electrons. The molecule has 0 bridgehead atoms. The molecule has 6 heterocycles. The Balaban J connectivity index is 0.793. The molecule has 17 heteroatoms. The molecule has 2 atom stereocenters. The Morgan fingerprint density at radius 2 is 1.64 bits per heavy atom. The second-order valence-corrected chi connectivity index (χ2v) is 19.5. The highest BCUT2D eigenvalue weighted by Gasteiger charge is 2.42. The van der Waals surface area contributed by atoms with Crippen LogP contribution >= 0.6 is 0 Å². The molecule has 4 saturated heterocycles. The molecule has 2 amide bonds. The van der Waals surface area contributed by atoms with Gasteiger partial charge in [-0.15, -0.1) is 0 Å². The number of carbonyl (C=O) groups excluding carboxylic acids is 3. The molecule has 4 fully saturated rings. The first-order valence-electron chi connectivity index (χ1n) is 21.8. The quantitative estimate of drug-likeness (QED) is 0.0708. The largest absolute Gasteiger partial charge is 0.372 e. The molecule has 4 aliphatic heterocycles. The predicted molar refractivity (Wildman–Crippen MR) is 234 cm³/mol. The Labute approximate surface area is 368 Å². The van der Waals surface area contributed by atoms with Crippen LogP contribution < -0.4 is 14.9 Å². The van der Waals surface area contributed by atoms with Crippen molar-refractivity contribution in [3.8, 4) is 11.1 Å². The van der Waals surface area contributed by atoms with Crippen LogP contribution in [0.3, 0.4) is 0 Å². The van der Waals surface area contributed by atoms with Gasteiger partial charge in [-0.2, -0.15) is 12.7 Å². The second-order valence-electron chi connectivity index (χ2n) is 17.8. The van der Waals surface area contributed by atoms with E-state index in [1.54, 1.807) is 31.3 Å². The molecular formula is C47H49F4N7O5S. The number of ketones is 1. The molecule has 1 unspecified atom stereocenters. The van der Waals surface area contributed by atoms with Crippen LogP contribution in [-0.4, -0.2) is 97.2 Å². The van der Waals surface area contributed by atoms with Crippen molar-refractivity contribution in [1.29, 1.82) is 0 Å². The summed E-state index contributed by atoms with van der Waals surface area (Å²) in [6.07, 6.45) is 6.05. The van der Waals surface area contributed by atoms with Crippen molar-refractivity contribution in [2.24, 2.45) is 5.92 Å². The number of pyridine rings is 1. The van der Waals surface area contributed by atoms with E-state index in [1.165, 1.54) is 6.20 Å². The highest BCUT2D eigenvalue weighted by Crippen LogP contribution is 2.38. The zero-order valence-electron chi connectivity index (χ0n) is 35.3. The molecule has 0 aliphatic carbocycles. The van der Waals surface area contributed by atoms with E-state index in [0.717, 1.165) is 91.7 Å². The number of hydrogen-bond acceptors (Lipinski definition) is 8. The molecule has 5 aromatic rings. The third-order valence-corrected chi connectivity index (χ3v) is 15.2. The van der Waals surface area contributed by atoms with Gasteiger partial charge < -0.3 is 14.8 Å². The van der Waals surface area contributed by atoms with Gasteiger partial charge in [0, 0.05) is 79.3 Å². The summed E-state index contributed by atoms with van der Waals surface area (Å²) < 4.78 is 88.5. The molecule has 0 saturated carbocycles. The number of alkyl halides is 1. The van der Waals surface area contributed by atoms with Crippen molar-refractivity contribution in [1.82, 2.24) is 24.5 Å². The summed E-state index contributed by atoms with van der Waals surface area (Å²) in [4.78, 5) is 50.3. The SMILES string of the molecule is CC1(c2ccc(C3CCN(CC4CCN(c5ccc(-c6cnc7[nH]cc(C(=O)c8c(F)ccc(NS(=O)(=O)N9CC[C@@H](F)C9)c8F)c7c6)cc5)CC4)CC3)cc2F)CCC(=O)NC1=O. The van der Waals surface area contributed by atoms with E-state index in [1.807, 2.05) is 35.1 Å². The monoisotopic (exact) mass is 899 g/mol. The number of carbonyl (C=O) groups is 3. The topological polar surface area (TPSA) is 148 Å². The van der Waals surface area contributed by atoms with Crippen LogP contribution in [0.1, 0.15) is 84.8 Å². The third-order valence-electron chi connectivity index (χ3n) is 13.7. The maximum Gasteiger partial charge on any atom is 0.301 e. The number of piperidine rings is 3. The molecule has 0 spiro atoms. The standard InChI is InChI=1S/C47H49F4N7O5S/c1-47(16-10-41(59)54-46(47)61)37-7-4-31(23-39(37)50)30-13-17-56(18-14-30)26-28-11-19-57(20-12-28)34-5-2-29(3-6-34)32-22-35-36(25-53-45(35)52-24-32)44(60)42-38(49)8-9-40(43(42)51)55-64(62,63)58-21-15-33(48)27-58/h2-9,22-25,28,30,33,55H,10-21,26-27H2,1H3,(H,52,53)(H,54,59,61)/t33-,47?/m1/s1. The van der Waals surface area contributed by atoms with Crippen LogP contribution in [0, 0.1) is 23.4 Å². The van der Waals surface area contributed by atoms with Gasteiger partial charge in [0.25, 0.3) is 0 Å². The number of halogens is 4. The van der Waals surface area contributed by atoms with Gasteiger partial charge in [-0.05, 0) is 118 Å². The van der Waals surface area contributed by atoms with Crippen LogP contribution in [0.2, 0.25) is 0 Å². The fourth-order valence-corrected chi connectivity index (χ4v) is 11.0. The van der Waals surface area contributed by atoms with Crippen molar-refractivity contribution in [2.75, 3.05) is 55.4 Å². The number of nitrogens with zero attached hydrogens (tertiary/aromatic N) is 4. The summed E-state index contributed by atoms with van der Waals surface area (Å²) in [5.41, 5.74) is 1.52. The molecule has 3 N–H and O–H groups in total. The van der Waals surface area contributed by atoms with Gasteiger partial charge in [0.2, 0.25) is 17.6 Å². The molecule has 0 radical (unpaired) electrons. The fourth-order valence-electron chi connectivity index (χ4n) is 9.78. The van der Waals surface area contributed by atoms with Crippen LogP contribution in [0.25, 0.3) is 22.2 Å². The molecule has 12 nitrogen and oxygen atoms in total. The number of aromatic amines is 1. The van der Waals surface area contributed by atoms with Gasteiger partial charge in [0.1, 0.15) is 23.5 Å². The lowest BCUT2D eigenvalue weighted by Gasteiger charge is -2.38.